The highest BCUT2D eigenvalue weighted by Gasteiger charge is 2.14. The minimum atomic E-state index is 0.532. The van der Waals surface area contributed by atoms with E-state index in [1.165, 1.54) is 0 Å². The molecule has 0 heterocycles. The number of nitrogens with zero attached hydrogens (tertiary/aromatic N) is 2. The van der Waals surface area contributed by atoms with Gasteiger partial charge in [-0.15, -0.1) is 25.3 Å². The molecule has 0 saturated heterocycles. The van der Waals surface area contributed by atoms with Gasteiger partial charge in [0.05, 0.1) is 0 Å². The van der Waals surface area contributed by atoms with Gasteiger partial charge >= 0.3 is 0 Å². The lowest BCUT2D eigenvalue weighted by atomic mass is 10.3. The molecule has 114 valence electrons. The van der Waals surface area contributed by atoms with E-state index < -0.39 is 0 Å². The van der Waals surface area contributed by atoms with Gasteiger partial charge in [0, 0.05) is 24.5 Å². The van der Waals surface area contributed by atoms with E-state index in [4.69, 9.17) is 24.4 Å². The summed E-state index contributed by atoms with van der Waals surface area (Å²) in [6, 6.07) is 19.9. The highest BCUT2D eigenvalue weighted by Crippen LogP contribution is 2.19. The third-order valence-corrected chi connectivity index (χ3v) is 4.07. The first kappa shape index (κ1) is 17.3. The minimum absolute atomic E-state index is 0.532. The smallest absolute Gasteiger partial charge is 0.137 e. The Morgan fingerprint density at radius 2 is 1.00 bits per heavy atom. The fourth-order valence-corrected chi connectivity index (χ4v) is 2.91. The predicted octanol–water partition coefficient (Wildman–Crippen LogP) is 4.43. The van der Waals surface area contributed by atoms with Crippen LogP contribution < -0.4 is 9.80 Å². The van der Waals surface area contributed by atoms with Crippen LogP contribution in [-0.2, 0) is 0 Å². The summed E-state index contributed by atoms with van der Waals surface area (Å²) < 4.78 is 1.06. The molecule has 0 saturated carbocycles. The second kappa shape index (κ2) is 8.53. The maximum atomic E-state index is 5.25. The summed E-state index contributed by atoms with van der Waals surface area (Å²) in [6.07, 6.45) is 0. The summed E-state index contributed by atoms with van der Waals surface area (Å²) in [5, 5.41) is 0. The highest BCUT2D eigenvalue weighted by molar-refractivity contribution is 8.11. The van der Waals surface area contributed by atoms with Gasteiger partial charge in [0.15, 0.2) is 0 Å². The van der Waals surface area contributed by atoms with Crippen molar-refractivity contribution in [3.63, 3.8) is 0 Å². The molecular weight excluding hydrogens is 348 g/mol. The fourth-order valence-electron chi connectivity index (χ4n) is 2.09. The number of anilines is 2. The summed E-state index contributed by atoms with van der Waals surface area (Å²) in [5.74, 6) is 0. The highest BCUT2D eigenvalue weighted by atomic mass is 32.1. The molecule has 0 amide bonds. The third kappa shape index (κ3) is 4.71. The number of rotatable bonds is 5. The van der Waals surface area contributed by atoms with Gasteiger partial charge < -0.3 is 9.80 Å². The number of thiocarbonyl (C=S) groups is 2. The van der Waals surface area contributed by atoms with E-state index in [0.29, 0.717) is 21.7 Å². The zero-order valence-corrected chi connectivity index (χ0v) is 15.2. The molecule has 0 bridgehead atoms. The summed E-state index contributed by atoms with van der Waals surface area (Å²) >= 11 is 19.2. The zero-order valence-electron chi connectivity index (χ0n) is 11.8. The van der Waals surface area contributed by atoms with Crippen molar-refractivity contribution in [2.24, 2.45) is 0 Å². The molecule has 6 heteroatoms. The van der Waals surface area contributed by atoms with E-state index in [2.05, 4.69) is 25.3 Å². The summed E-state index contributed by atoms with van der Waals surface area (Å²) in [6.45, 7) is 1.34. The second-order valence-corrected chi connectivity index (χ2v) is 6.77. The van der Waals surface area contributed by atoms with Crippen LogP contribution in [0.4, 0.5) is 11.4 Å². The molecule has 0 aliphatic heterocycles. The molecule has 0 fully saturated rings. The Labute approximate surface area is 152 Å². The van der Waals surface area contributed by atoms with Crippen LogP contribution in [0.3, 0.4) is 0 Å². The molecule has 2 nitrogen and oxygen atoms in total. The Morgan fingerprint density at radius 3 is 1.27 bits per heavy atom. The monoisotopic (exact) mass is 364 g/mol. The fraction of sp³-hybridized carbons (Fsp3) is 0.125. The first-order valence-corrected chi connectivity index (χ1v) is 8.41. The SMILES string of the molecule is S=C(S)N(CCN(C(=S)S)c1ccccc1)c1ccccc1. The second-order valence-electron chi connectivity index (χ2n) is 4.54. The largest absolute Gasteiger partial charge is 0.326 e. The average Bonchev–Trinajstić information content (AvgIpc) is 2.52. The van der Waals surface area contributed by atoms with E-state index in [1.807, 2.05) is 70.5 Å². The molecule has 2 aromatic carbocycles. The topological polar surface area (TPSA) is 6.48 Å². The van der Waals surface area contributed by atoms with Crippen molar-refractivity contribution in [2.45, 2.75) is 0 Å². The van der Waals surface area contributed by atoms with Gasteiger partial charge in [-0.3, -0.25) is 0 Å². The van der Waals surface area contributed by atoms with Gasteiger partial charge in [-0.05, 0) is 24.3 Å². The Hall–Kier alpha value is -1.08. The third-order valence-electron chi connectivity index (χ3n) is 3.14. The normalized spacial score (nSPS) is 10.1. The molecule has 2 aromatic rings. The molecule has 0 aromatic heterocycles. The summed E-state index contributed by atoms with van der Waals surface area (Å²) in [7, 11) is 0. The van der Waals surface area contributed by atoms with Crippen LogP contribution in [0.2, 0.25) is 0 Å². The van der Waals surface area contributed by atoms with Crippen molar-refractivity contribution in [3.05, 3.63) is 60.7 Å². The minimum Gasteiger partial charge on any atom is -0.326 e. The molecule has 0 N–H and O–H groups in total. The standard InChI is InChI=1S/C16H16N2S4/c19-15(20)17(13-7-3-1-4-8-13)11-12-18(16(21)22)14-9-5-2-6-10-14/h1-10H,11-12H2,(H,19,20)(H,21,22). The number of thiol groups is 2. The van der Waals surface area contributed by atoms with Gasteiger partial charge in [-0.25, -0.2) is 0 Å². The number of hydrogen-bond acceptors (Lipinski definition) is 2. The quantitative estimate of drug-likeness (QED) is 0.598. The van der Waals surface area contributed by atoms with Crippen LogP contribution >= 0.6 is 49.7 Å². The predicted molar refractivity (Wildman–Crippen MR) is 111 cm³/mol. The average molecular weight is 365 g/mol. The van der Waals surface area contributed by atoms with Crippen molar-refractivity contribution in [2.75, 3.05) is 22.9 Å². The maximum absolute atomic E-state index is 5.25. The Morgan fingerprint density at radius 1 is 0.682 bits per heavy atom. The molecule has 0 spiro atoms. The van der Waals surface area contributed by atoms with E-state index >= 15 is 0 Å². The van der Waals surface area contributed by atoms with Crippen molar-refractivity contribution in [1.82, 2.24) is 0 Å². The van der Waals surface area contributed by atoms with Crippen molar-refractivity contribution in [1.29, 1.82) is 0 Å². The molecule has 0 radical (unpaired) electrons. The molecule has 0 unspecified atom stereocenters. The molecule has 0 atom stereocenters. The van der Waals surface area contributed by atoms with Crippen LogP contribution in [0.5, 0.6) is 0 Å². The summed E-state index contributed by atoms with van der Waals surface area (Å²) in [4.78, 5) is 3.95. The molecule has 0 aliphatic rings. The lowest BCUT2D eigenvalue weighted by Gasteiger charge is -2.28. The lowest BCUT2D eigenvalue weighted by molar-refractivity contribution is 0.936. The van der Waals surface area contributed by atoms with Gasteiger partial charge in [0.2, 0.25) is 0 Å². The van der Waals surface area contributed by atoms with Crippen LogP contribution in [0.1, 0.15) is 0 Å². The van der Waals surface area contributed by atoms with Crippen LogP contribution in [0.25, 0.3) is 0 Å². The maximum Gasteiger partial charge on any atom is 0.137 e. The number of para-hydroxylation sites is 2. The van der Waals surface area contributed by atoms with E-state index in [9.17, 15) is 0 Å². The Bertz CT molecular complexity index is 574. The van der Waals surface area contributed by atoms with E-state index in [0.717, 1.165) is 11.4 Å². The van der Waals surface area contributed by atoms with Crippen molar-refractivity contribution >= 4 is 69.7 Å². The zero-order chi connectivity index (χ0) is 15.9. The van der Waals surface area contributed by atoms with Crippen molar-refractivity contribution < 1.29 is 0 Å². The van der Waals surface area contributed by atoms with Crippen LogP contribution in [0, 0.1) is 0 Å². The van der Waals surface area contributed by atoms with Crippen molar-refractivity contribution in [3.8, 4) is 0 Å². The molecule has 0 aliphatic carbocycles. The Kier molecular flexibility index (Phi) is 6.70. The number of benzene rings is 2. The van der Waals surface area contributed by atoms with Crippen LogP contribution in [0.15, 0.2) is 60.7 Å². The first-order valence-electron chi connectivity index (χ1n) is 6.70. The van der Waals surface area contributed by atoms with Gasteiger partial charge in [0.25, 0.3) is 0 Å². The molecule has 2 rings (SSSR count). The Balaban J connectivity index is 2.14. The summed E-state index contributed by atoms with van der Waals surface area (Å²) in [5.41, 5.74) is 2.03. The first-order chi connectivity index (χ1) is 10.6. The molecule has 22 heavy (non-hydrogen) atoms. The van der Waals surface area contributed by atoms with Gasteiger partial charge in [-0.2, -0.15) is 0 Å². The van der Waals surface area contributed by atoms with Crippen LogP contribution in [-0.4, -0.2) is 21.7 Å². The van der Waals surface area contributed by atoms with Gasteiger partial charge in [0.1, 0.15) is 8.64 Å². The van der Waals surface area contributed by atoms with Gasteiger partial charge in [-0.1, -0.05) is 60.8 Å². The molecular formula is C16H16N2S4. The van der Waals surface area contributed by atoms with E-state index in [1.54, 1.807) is 0 Å². The lowest BCUT2D eigenvalue weighted by Crippen LogP contribution is -2.37. The van der Waals surface area contributed by atoms with E-state index in [-0.39, 0.29) is 0 Å². The number of hydrogen-bond donors (Lipinski definition) is 2.